The molecular weight excluding hydrogens is 340 g/mol. The molecule has 0 spiro atoms. The second-order valence-electron chi connectivity index (χ2n) is 7.29. The van der Waals surface area contributed by atoms with Crippen LogP contribution in [0.25, 0.3) is 0 Å². The Balaban J connectivity index is 1.68. The predicted molar refractivity (Wildman–Crippen MR) is 100.0 cm³/mol. The summed E-state index contributed by atoms with van der Waals surface area (Å²) in [7, 11) is -0.956. The molecule has 0 aromatic heterocycles. The maximum absolute atomic E-state index is 12.4. The summed E-state index contributed by atoms with van der Waals surface area (Å²) in [6.45, 7) is 5.57. The fourth-order valence-electron chi connectivity index (χ4n) is 3.44. The number of piperazine rings is 1. The van der Waals surface area contributed by atoms with E-state index in [1.165, 1.54) is 0 Å². The number of hydrogen-bond donors (Lipinski definition) is 2. The molecule has 2 heterocycles. The van der Waals surface area contributed by atoms with Crippen LogP contribution in [0.3, 0.4) is 0 Å². The van der Waals surface area contributed by atoms with E-state index >= 15 is 0 Å². The molecule has 2 amide bonds. The number of hydrogen-bond acceptors (Lipinski definition) is 5. The molecule has 8 heteroatoms. The van der Waals surface area contributed by atoms with Crippen molar-refractivity contribution in [1.29, 1.82) is 0 Å². The molecule has 0 saturated carbocycles. The van der Waals surface area contributed by atoms with Crippen molar-refractivity contribution in [3.8, 4) is 0 Å². The molecule has 2 fully saturated rings. The molecule has 2 N–H and O–H groups in total. The van der Waals surface area contributed by atoms with E-state index in [1.54, 1.807) is 6.92 Å². The summed E-state index contributed by atoms with van der Waals surface area (Å²) in [5.41, 5.74) is 1.04. The molecule has 1 aromatic rings. The van der Waals surface area contributed by atoms with E-state index in [1.807, 2.05) is 24.3 Å². The van der Waals surface area contributed by atoms with Crippen LogP contribution in [0.5, 0.6) is 0 Å². The first-order valence-corrected chi connectivity index (χ1v) is 10.4. The molecule has 2 aliphatic rings. The third-order valence-corrected chi connectivity index (χ3v) is 6.82. The van der Waals surface area contributed by atoms with Crippen molar-refractivity contribution >= 4 is 27.2 Å². The number of benzene rings is 1. The standard InChI is InChI=1S/C17H26N4O3S/c1-17(7-12-25(23,24)13-17)19-16(22)18-14-5-3-4-6-15(14)21-10-8-20(2)9-11-21/h3-6H,7-13H2,1-2H3,(H2,18,19,22). The molecule has 7 nitrogen and oxygen atoms in total. The summed E-state index contributed by atoms with van der Waals surface area (Å²) >= 11 is 0. The third-order valence-electron chi connectivity index (χ3n) is 4.91. The van der Waals surface area contributed by atoms with Gasteiger partial charge in [0.25, 0.3) is 0 Å². The van der Waals surface area contributed by atoms with Gasteiger partial charge >= 0.3 is 6.03 Å². The zero-order chi connectivity index (χ0) is 18.1. The van der Waals surface area contributed by atoms with E-state index in [4.69, 9.17) is 0 Å². The lowest BCUT2D eigenvalue weighted by Gasteiger charge is -2.35. The lowest BCUT2D eigenvalue weighted by Crippen LogP contribution is -2.49. The SMILES string of the molecule is CN1CCN(c2ccccc2NC(=O)NC2(C)CCS(=O)(=O)C2)CC1. The monoisotopic (exact) mass is 366 g/mol. The van der Waals surface area contributed by atoms with Gasteiger partial charge in [0, 0.05) is 26.2 Å². The summed E-state index contributed by atoms with van der Waals surface area (Å²) < 4.78 is 23.4. The first kappa shape index (κ1) is 18.0. The van der Waals surface area contributed by atoms with Gasteiger partial charge in [-0.05, 0) is 32.5 Å². The molecule has 2 saturated heterocycles. The van der Waals surface area contributed by atoms with Crippen molar-refractivity contribution in [2.24, 2.45) is 0 Å². The maximum atomic E-state index is 12.4. The number of nitrogens with zero attached hydrogens (tertiary/aromatic N) is 2. The smallest absolute Gasteiger partial charge is 0.319 e. The van der Waals surface area contributed by atoms with Gasteiger partial charge in [-0.2, -0.15) is 0 Å². The maximum Gasteiger partial charge on any atom is 0.319 e. The summed E-state index contributed by atoms with van der Waals surface area (Å²) in [4.78, 5) is 17.0. The molecule has 2 aliphatic heterocycles. The molecule has 3 rings (SSSR count). The average Bonchev–Trinajstić information content (AvgIpc) is 2.81. The second-order valence-corrected chi connectivity index (χ2v) is 9.47. The van der Waals surface area contributed by atoms with Gasteiger partial charge in [0.15, 0.2) is 9.84 Å². The highest BCUT2D eigenvalue weighted by Crippen LogP contribution is 2.27. The van der Waals surface area contributed by atoms with Crippen molar-refractivity contribution in [3.05, 3.63) is 24.3 Å². The number of carbonyl (C=O) groups excluding carboxylic acids is 1. The van der Waals surface area contributed by atoms with Crippen LogP contribution in [0, 0.1) is 0 Å². The molecule has 25 heavy (non-hydrogen) atoms. The van der Waals surface area contributed by atoms with Crippen LogP contribution in [0.4, 0.5) is 16.2 Å². The molecule has 0 bridgehead atoms. The quantitative estimate of drug-likeness (QED) is 0.838. The van der Waals surface area contributed by atoms with Gasteiger partial charge < -0.3 is 20.4 Å². The largest absolute Gasteiger partial charge is 0.367 e. The van der Waals surface area contributed by atoms with Crippen molar-refractivity contribution in [1.82, 2.24) is 10.2 Å². The van der Waals surface area contributed by atoms with E-state index < -0.39 is 15.4 Å². The fraction of sp³-hybridized carbons (Fsp3) is 0.588. The Morgan fingerprint density at radius 2 is 1.84 bits per heavy atom. The first-order valence-electron chi connectivity index (χ1n) is 8.58. The molecule has 1 atom stereocenters. The summed E-state index contributed by atoms with van der Waals surface area (Å²) in [5, 5.41) is 5.74. The predicted octanol–water partition coefficient (Wildman–Crippen LogP) is 1.14. The lowest BCUT2D eigenvalue weighted by molar-refractivity contribution is 0.242. The number of likely N-dealkylation sites (N-methyl/N-ethyl adjacent to an activating group) is 1. The van der Waals surface area contributed by atoms with Crippen LogP contribution in [0.15, 0.2) is 24.3 Å². The number of amides is 2. The van der Waals surface area contributed by atoms with E-state index in [2.05, 4.69) is 27.5 Å². The van der Waals surface area contributed by atoms with Gasteiger partial charge in [-0.1, -0.05) is 12.1 Å². The Bertz CT molecular complexity index is 744. The van der Waals surface area contributed by atoms with Gasteiger partial charge in [-0.25, -0.2) is 13.2 Å². The van der Waals surface area contributed by atoms with E-state index in [0.29, 0.717) is 6.42 Å². The highest BCUT2D eigenvalue weighted by atomic mass is 32.2. The van der Waals surface area contributed by atoms with Gasteiger partial charge in [-0.15, -0.1) is 0 Å². The minimum Gasteiger partial charge on any atom is -0.367 e. The van der Waals surface area contributed by atoms with Gasteiger partial charge in [0.1, 0.15) is 0 Å². The number of nitrogens with one attached hydrogen (secondary N) is 2. The summed E-state index contributed by atoms with van der Waals surface area (Å²) in [6, 6.07) is 7.36. The highest BCUT2D eigenvalue weighted by molar-refractivity contribution is 7.91. The Hall–Kier alpha value is -1.80. The van der Waals surface area contributed by atoms with Gasteiger partial charge in [0.05, 0.1) is 28.4 Å². The van der Waals surface area contributed by atoms with Crippen LogP contribution < -0.4 is 15.5 Å². The van der Waals surface area contributed by atoms with Gasteiger partial charge in [0.2, 0.25) is 0 Å². The normalized spacial score (nSPS) is 26.4. The van der Waals surface area contributed by atoms with Crippen molar-refractivity contribution in [3.63, 3.8) is 0 Å². The van der Waals surface area contributed by atoms with Crippen LogP contribution in [0.1, 0.15) is 13.3 Å². The first-order chi connectivity index (χ1) is 11.8. The Labute approximate surface area is 149 Å². The van der Waals surface area contributed by atoms with Crippen LogP contribution in [-0.2, 0) is 9.84 Å². The number of carbonyl (C=O) groups is 1. The molecular formula is C17H26N4O3S. The Morgan fingerprint density at radius 3 is 2.48 bits per heavy atom. The minimum absolute atomic E-state index is 0.00642. The molecule has 0 aliphatic carbocycles. The molecule has 0 radical (unpaired) electrons. The number of anilines is 2. The lowest BCUT2D eigenvalue weighted by atomic mass is 10.0. The zero-order valence-corrected chi connectivity index (χ0v) is 15.6. The van der Waals surface area contributed by atoms with Crippen molar-refractivity contribution < 1.29 is 13.2 Å². The summed E-state index contributed by atoms with van der Waals surface area (Å²) in [6.07, 6.45) is 0.447. The molecule has 1 aromatic carbocycles. The topological polar surface area (TPSA) is 81.8 Å². The Kier molecular flexibility index (Phi) is 4.92. The van der Waals surface area contributed by atoms with Crippen LogP contribution >= 0.6 is 0 Å². The second kappa shape index (κ2) is 6.84. The van der Waals surface area contributed by atoms with E-state index in [0.717, 1.165) is 37.6 Å². The number of sulfone groups is 1. The minimum atomic E-state index is -3.06. The summed E-state index contributed by atoms with van der Waals surface area (Å²) in [5.74, 6) is 0.120. The van der Waals surface area contributed by atoms with E-state index in [9.17, 15) is 13.2 Å². The van der Waals surface area contributed by atoms with Crippen molar-refractivity contribution in [2.45, 2.75) is 18.9 Å². The van der Waals surface area contributed by atoms with Crippen LogP contribution in [0.2, 0.25) is 0 Å². The average molecular weight is 366 g/mol. The van der Waals surface area contributed by atoms with Crippen LogP contribution in [-0.4, -0.2) is 69.6 Å². The zero-order valence-electron chi connectivity index (χ0n) is 14.8. The third kappa shape index (κ3) is 4.43. The molecule has 138 valence electrons. The van der Waals surface area contributed by atoms with Crippen molar-refractivity contribution in [2.75, 3.05) is 54.9 Å². The van der Waals surface area contributed by atoms with Gasteiger partial charge in [-0.3, -0.25) is 0 Å². The van der Waals surface area contributed by atoms with E-state index in [-0.39, 0.29) is 17.5 Å². The fourth-order valence-corrected chi connectivity index (χ4v) is 5.53. The highest BCUT2D eigenvalue weighted by Gasteiger charge is 2.39. The number of para-hydroxylation sites is 2. The Morgan fingerprint density at radius 1 is 1.16 bits per heavy atom. The number of rotatable bonds is 3. The molecule has 1 unspecified atom stereocenters. The number of urea groups is 1.